The van der Waals surface area contributed by atoms with Gasteiger partial charge >= 0.3 is 6.36 Å². The predicted molar refractivity (Wildman–Crippen MR) is 49.5 cm³/mol. The minimum atomic E-state index is -4.61. The topological polar surface area (TPSA) is 9.23 Å². The van der Waals surface area contributed by atoms with Crippen molar-refractivity contribution in [1.82, 2.24) is 0 Å². The third-order valence-electron chi connectivity index (χ3n) is 2.38. The van der Waals surface area contributed by atoms with Gasteiger partial charge in [-0.05, 0) is 37.3 Å². The van der Waals surface area contributed by atoms with Gasteiger partial charge in [-0.3, -0.25) is 0 Å². The van der Waals surface area contributed by atoms with Crippen molar-refractivity contribution in [2.24, 2.45) is 0 Å². The van der Waals surface area contributed by atoms with Gasteiger partial charge in [0.05, 0.1) is 0 Å². The Labute approximate surface area is 85.9 Å². The van der Waals surface area contributed by atoms with Crippen molar-refractivity contribution in [1.29, 1.82) is 0 Å². The summed E-state index contributed by atoms with van der Waals surface area (Å²) >= 11 is 0. The first-order valence-electron chi connectivity index (χ1n) is 4.77. The number of aryl methyl sites for hydroxylation is 1. The van der Waals surface area contributed by atoms with Gasteiger partial charge in [-0.25, -0.2) is 0 Å². The molecule has 0 heterocycles. The van der Waals surface area contributed by atoms with Crippen molar-refractivity contribution in [3.05, 3.63) is 35.7 Å². The summed E-state index contributed by atoms with van der Waals surface area (Å²) in [5, 5.41) is 0. The standard InChI is InChI=1S/C11H10F3O/c12-11(13,14)15-10-7-3-5-8-4-1-2-6-9(8)10/h3,5-7H,1-2,4H2. The maximum atomic E-state index is 12.1. The van der Waals surface area contributed by atoms with Gasteiger partial charge in [-0.15, -0.1) is 13.2 Å². The van der Waals surface area contributed by atoms with Gasteiger partial charge in [-0.1, -0.05) is 12.1 Å². The van der Waals surface area contributed by atoms with Crippen molar-refractivity contribution in [3.8, 4) is 5.75 Å². The molecule has 0 aliphatic heterocycles. The van der Waals surface area contributed by atoms with E-state index in [1.807, 2.05) is 6.07 Å². The molecule has 1 aromatic carbocycles. The number of fused-ring (bicyclic) bond motifs is 1. The molecule has 0 N–H and O–H groups in total. The second-order valence-corrected chi connectivity index (χ2v) is 3.47. The summed E-state index contributed by atoms with van der Waals surface area (Å²) < 4.78 is 40.2. The van der Waals surface area contributed by atoms with Gasteiger partial charge in [-0.2, -0.15) is 0 Å². The van der Waals surface area contributed by atoms with E-state index in [2.05, 4.69) is 4.74 Å². The number of halogens is 3. The molecular weight excluding hydrogens is 205 g/mol. The molecular formula is C11H10F3O. The minimum Gasteiger partial charge on any atom is -0.405 e. The third-order valence-corrected chi connectivity index (χ3v) is 2.38. The lowest BCUT2D eigenvalue weighted by Gasteiger charge is -2.19. The molecule has 0 aromatic heterocycles. The summed E-state index contributed by atoms with van der Waals surface area (Å²) in [6.07, 6.45) is -0.186. The van der Waals surface area contributed by atoms with Crippen LogP contribution in [0.1, 0.15) is 24.0 Å². The van der Waals surface area contributed by atoms with E-state index in [1.54, 1.807) is 12.5 Å². The lowest BCUT2D eigenvalue weighted by atomic mass is 9.91. The second kappa shape index (κ2) is 3.76. The van der Waals surface area contributed by atoms with E-state index in [0.29, 0.717) is 5.56 Å². The minimum absolute atomic E-state index is 0.0836. The van der Waals surface area contributed by atoms with Crippen LogP contribution in [-0.4, -0.2) is 6.36 Å². The average molecular weight is 215 g/mol. The molecule has 0 saturated heterocycles. The molecule has 1 radical (unpaired) electrons. The van der Waals surface area contributed by atoms with Crippen LogP contribution in [0.2, 0.25) is 0 Å². The summed E-state index contributed by atoms with van der Waals surface area (Å²) in [6.45, 7) is 0. The lowest BCUT2D eigenvalue weighted by Crippen LogP contribution is -2.19. The van der Waals surface area contributed by atoms with Crippen molar-refractivity contribution in [3.63, 3.8) is 0 Å². The summed E-state index contributed by atoms with van der Waals surface area (Å²) in [5.41, 5.74) is 1.53. The molecule has 1 aliphatic carbocycles. The van der Waals surface area contributed by atoms with Crippen molar-refractivity contribution >= 4 is 0 Å². The summed E-state index contributed by atoms with van der Waals surface area (Å²) in [5.74, 6) is -0.0836. The van der Waals surface area contributed by atoms with Crippen molar-refractivity contribution < 1.29 is 17.9 Å². The maximum absolute atomic E-state index is 12.1. The Morgan fingerprint density at radius 3 is 2.73 bits per heavy atom. The molecule has 0 fully saturated rings. The largest absolute Gasteiger partial charge is 0.573 e. The Bertz CT molecular complexity index is 357. The van der Waals surface area contributed by atoms with Crippen LogP contribution in [0.25, 0.3) is 0 Å². The molecule has 0 saturated carbocycles. The highest BCUT2D eigenvalue weighted by molar-refractivity contribution is 5.46. The molecule has 1 nitrogen and oxygen atoms in total. The summed E-state index contributed by atoms with van der Waals surface area (Å²) in [6, 6.07) is 4.79. The van der Waals surface area contributed by atoms with Crippen LogP contribution in [0.15, 0.2) is 18.2 Å². The molecule has 15 heavy (non-hydrogen) atoms. The van der Waals surface area contributed by atoms with E-state index < -0.39 is 6.36 Å². The fourth-order valence-corrected chi connectivity index (χ4v) is 1.79. The second-order valence-electron chi connectivity index (χ2n) is 3.47. The van der Waals surface area contributed by atoms with Crippen LogP contribution in [-0.2, 0) is 6.42 Å². The SMILES string of the molecule is FC(F)(F)Oc1cccc2c1[CH]CCC2. The van der Waals surface area contributed by atoms with E-state index in [1.165, 1.54) is 6.07 Å². The average Bonchev–Trinajstić information content (AvgIpc) is 2.16. The number of ether oxygens (including phenoxy) is 1. The Balaban J connectivity index is 2.31. The summed E-state index contributed by atoms with van der Waals surface area (Å²) in [7, 11) is 0. The number of hydrogen-bond donors (Lipinski definition) is 0. The summed E-state index contributed by atoms with van der Waals surface area (Å²) in [4.78, 5) is 0. The zero-order valence-corrected chi connectivity index (χ0v) is 7.97. The molecule has 0 unspecified atom stereocenters. The van der Waals surface area contributed by atoms with Crippen LogP contribution < -0.4 is 4.74 Å². The van der Waals surface area contributed by atoms with Gasteiger partial charge in [0, 0.05) is 5.56 Å². The van der Waals surface area contributed by atoms with Crippen LogP contribution in [0.3, 0.4) is 0 Å². The van der Waals surface area contributed by atoms with E-state index in [9.17, 15) is 13.2 Å². The normalized spacial score (nSPS) is 15.9. The molecule has 1 aromatic rings. The molecule has 2 rings (SSSR count). The van der Waals surface area contributed by atoms with Gasteiger partial charge < -0.3 is 4.74 Å². The molecule has 81 valence electrons. The Hall–Kier alpha value is -1.19. The fourth-order valence-electron chi connectivity index (χ4n) is 1.79. The van der Waals surface area contributed by atoms with Gasteiger partial charge in [0.15, 0.2) is 0 Å². The van der Waals surface area contributed by atoms with E-state index in [-0.39, 0.29) is 5.75 Å². The van der Waals surface area contributed by atoms with E-state index >= 15 is 0 Å². The molecule has 4 heteroatoms. The first-order valence-corrected chi connectivity index (χ1v) is 4.77. The quantitative estimate of drug-likeness (QED) is 0.696. The Kier molecular flexibility index (Phi) is 2.59. The Morgan fingerprint density at radius 1 is 1.20 bits per heavy atom. The molecule has 0 atom stereocenters. The smallest absolute Gasteiger partial charge is 0.405 e. The predicted octanol–water partition coefficient (Wildman–Crippen LogP) is 3.47. The zero-order chi connectivity index (χ0) is 10.9. The number of alkyl halides is 3. The van der Waals surface area contributed by atoms with Crippen LogP contribution in [0.4, 0.5) is 13.2 Å². The number of benzene rings is 1. The first kappa shape index (κ1) is 10.3. The van der Waals surface area contributed by atoms with Crippen molar-refractivity contribution in [2.75, 3.05) is 0 Å². The van der Waals surface area contributed by atoms with Gasteiger partial charge in [0.2, 0.25) is 0 Å². The van der Waals surface area contributed by atoms with E-state index in [4.69, 9.17) is 0 Å². The number of hydrogen-bond acceptors (Lipinski definition) is 1. The van der Waals surface area contributed by atoms with Crippen LogP contribution >= 0.6 is 0 Å². The number of rotatable bonds is 1. The third kappa shape index (κ3) is 2.43. The highest BCUT2D eigenvalue weighted by Crippen LogP contribution is 2.33. The molecule has 0 bridgehead atoms. The zero-order valence-electron chi connectivity index (χ0n) is 7.97. The maximum Gasteiger partial charge on any atom is 0.573 e. The molecule has 0 spiro atoms. The fraction of sp³-hybridized carbons (Fsp3) is 0.364. The molecule has 1 aliphatic rings. The highest BCUT2D eigenvalue weighted by Gasteiger charge is 2.32. The van der Waals surface area contributed by atoms with Gasteiger partial charge in [0.25, 0.3) is 0 Å². The van der Waals surface area contributed by atoms with E-state index in [0.717, 1.165) is 24.8 Å². The lowest BCUT2D eigenvalue weighted by molar-refractivity contribution is -0.274. The van der Waals surface area contributed by atoms with Crippen LogP contribution in [0, 0.1) is 6.42 Å². The van der Waals surface area contributed by atoms with Crippen molar-refractivity contribution in [2.45, 2.75) is 25.6 Å². The Morgan fingerprint density at radius 2 is 2.00 bits per heavy atom. The molecule has 0 amide bonds. The van der Waals surface area contributed by atoms with Gasteiger partial charge in [0.1, 0.15) is 5.75 Å². The first-order chi connectivity index (χ1) is 7.06. The van der Waals surface area contributed by atoms with Crippen LogP contribution in [0.5, 0.6) is 5.75 Å². The monoisotopic (exact) mass is 215 g/mol. The highest BCUT2D eigenvalue weighted by atomic mass is 19.4.